The highest BCUT2D eigenvalue weighted by Gasteiger charge is 2.33. The van der Waals surface area contributed by atoms with Crippen LogP contribution < -0.4 is 0 Å². The molecular weight excluding hydrogens is 178 g/mol. The maximum absolute atomic E-state index is 11.7. The number of hydrogen-bond acceptors (Lipinski definition) is 2. The minimum absolute atomic E-state index is 0.136. The molecule has 0 aromatic carbocycles. The highest BCUT2D eigenvalue weighted by molar-refractivity contribution is 5.85. The van der Waals surface area contributed by atoms with Crippen molar-refractivity contribution in [3.63, 3.8) is 0 Å². The molecule has 1 fully saturated rings. The van der Waals surface area contributed by atoms with Crippen molar-refractivity contribution in [3.05, 3.63) is 10.4 Å². The summed E-state index contributed by atoms with van der Waals surface area (Å²) in [5.74, 6) is 0.393. The lowest BCUT2D eigenvalue weighted by atomic mass is 9.72. The lowest BCUT2D eigenvalue weighted by Crippen LogP contribution is -2.31. The molecule has 14 heavy (non-hydrogen) atoms. The third kappa shape index (κ3) is 2.74. The van der Waals surface area contributed by atoms with Crippen LogP contribution in [0.15, 0.2) is 5.11 Å². The number of Topliss-reactive ketones (excluding diaryl/α,β-unsaturated/α-hetero) is 1. The van der Waals surface area contributed by atoms with Crippen LogP contribution in [0, 0.1) is 5.41 Å². The smallest absolute Gasteiger partial charge is 0.138 e. The van der Waals surface area contributed by atoms with Crippen LogP contribution >= 0.6 is 0 Å². The van der Waals surface area contributed by atoms with Crippen molar-refractivity contribution in [2.24, 2.45) is 10.5 Å². The average molecular weight is 195 g/mol. The van der Waals surface area contributed by atoms with Gasteiger partial charge in [-0.3, -0.25) is 4.79 Å². The second-order valence-corrected chi connectivity index (χ2v) is 4.25. The second-order valence-electron chi connectivity index (χ2n) is 4.25. The summed E-state index contributed by atoms with van der Waals surface area (Å²) in [6.45, 7) is 2.56. The Morgan fingerprint density at radius 3 is 3.00 bits per heavy atom. The third-order valence-electron chi connectivity index (χ3n) is 3.11. The molecule has 4 heteroatoms. The summed E-state index contributed by atoms with van der Waals surface area (Å²) in [4.78, 5) is 14.4. The molecule has 0 radical (unpaired) electrons. The summed E-state index contributed by atoms with van der Waals surface area (Å²) >= 11 is 0. The molecule has 0 saturated heterocycles. The molecule has 0 aliphatic heterocycles. The van der Waals surface area contributed by atoms with Crippen molar-refractivity contribution in [2.45, 2.75) is 45.4 Å². The first-order valence-electron chi connectivity index (χ1n) is 5.23. The Morgan fingerprint density at radius 2 is 2.36 bits per heavy atom. The number of rotatable bonds is 4. The third-order valence-corrected chi connectivity index (χ3v) is 3.11. The van der Waals surface area contributed by atoms with Crippen LogP contribution in [-0.2, 0) is 4.79 Å². The van der Waals surface area contributed by atoms with Gasteiger partial charge in [-0.2, -0.15) is 0 Å². The zero-order valence-corrected chi connectivity index (χ0v) is 8.70. The minimum atomic E-state index is -0.136. The molecule has 1 aliphatic rings. The van der Waals surface area contributed by atoms with Crippen LogP contribution in [0.5, 0.6) is 0 Å². The van der Waals surface area contributed by atoms with Crippen LogP contribution in [0.1, 0.15) is 45.4 Å². The van der Waals surface area contributed by atoms with E-state index < -0.39 is 0 Å². The Balaban J connectivity index is 2.39. The molecule has 0 aromatic heterocycles. The fourth-order valence-electron chi connectivity index (χ4n) is 2.09. The number of azide groups is 1. The van der Waals surface area contributed by atoms with E-state index in [0.717, 1.165) is 38.5 Å². The molecular formula is C10H17N3O. The maximum Gasteiger partial charge on any atom is 0.138 e. The second kappa shape index (κ2) is 5.01. The van der Waals surface area contributed by atoms with E-state index in [9.17, 15) is 4.79 Å². The number of nitrogens with zero attached hydrogens (tertiary/aromatic N) is 3. The van der Waals surface area contributed by atoms with Gasteiger partial charge in [-0.25, -0.2) is 0 Å². The van der Waals surface area contributed by atoms with E-state index in [4.69, 9.17) is 5.53 Å². The van der Waals surface area contributed by atoms with Crippen molar-refractivity contribution in [3.8, 4) is 0 Å². The van der Waals surface area contributed by atoms with Gasteiger partial charge in [0.15, 0.2) is 0 Å². The van der Waals surface area contributed by atoms with Crippen molar-refractivity contribution >= 4 is 5.78 Å². The molecule has 0 unspecified atom stereocenters. The molecule has 0 N–H and O–H groups in total. The van der Waals surface area contributed by atoms with Gasteiger partial charge in [0.2, 0.25) is 0 Å². The fourth-order valence-corrected chi connectivity index (χ4v) is 2.09. The number of carbonyl (C=O) groups excluding carboxylic acids is 1. The van der Waals surface area contributed by atoms with Gasteiger partial charge in [-0.05, 0) is 31.2 Å². The van der Waals surface area contributed by atoms with E-state index in [2.05, 4.69) is 10.0 Å². The molecule has 1 rings (SSSR count). The van der Waals surface area contributed by atoms with Crippen LogP contribution in [0.4, 0.5) is 0 Å². The summed E-state index contributed by atoms with van der Waals surface area (Å²) < 4.78 is 0. The molecule has 0 spiro atoms. The number of carbonyl (C=O) groups is 1. The Morgan fingerprint density at radius 1 is 1.57 bits per heavy atom. The molecule has 1 saturated carbocycles. The molecule has 78 valence electrons. The Hall–Kier alpha value is -1.02. The summed E-state index contributed by atoms with van der Waals surface area (Å²) in [5.41, 5.74) is 7.98. The van der Waals surface area contributed by atoms with Crippen LogP contribution in [-0.4, -0.2) is 12.3 Å². The van der Waals surface area contributed by atoms with Gasteiger partial charge in [-0.15, -0.1) is 0 Å². The first kappa shape index (κ1) is 11.1. The topological polar surface area (TPSA) is 65.8 Å². The van der Waals surface area contributed by atoms with Gasteiger partial charge in [-0.1, -0.05) is 18.5 Å². The monoisotopic (exact) mass is 195 g/mol. The largest absolute Gasteiger partial charge is 0.299 e. The number of hydrogen-bond donors (Lipinski definition) is 0. The van der Waals surface area contributed by atoms with E-state index in [-0.39, 0.29) is 5.41 Å². The Kier molecular flexibility index (Phi) is 3.96. The summed E-state index contributed by atoms with van der Waals surface area (Å²) in [5, 5.41) is 3.48. The first-order valence-corrected chi connectivity index (χ1v) is 5.23. The van der Waals surface area contributed by atoms with E-state index in [1.807, 2.05) is 6.92 Å². The quantitative estimate of drug-likeness (QED) is 0.294. The lowest BCUT2D eigenvalue weighted by molar-refractivity contribution is -0.130. The van der Waals surface area contributed by atoms with Gasteiger partial charge < -0.3 is 0 Å². The van der Waals surface area contributed by atoms with Gasteiger partial charge in [0.1, 0.15) is 5.78 Å². The zero-order valence-electron chi connectivity index (χ0n) is 8.70. The number of ketones is 1. The standard InChI is InChI=1S/C10H17N3O/c1-10(7-4-8-12-13-11)6-3-2-5-9(10)14/h2-8H2,1H3/t10-/m0/s1. The van der Waals surface area contributed by atoms with Crippen LogP contribution in [0.25, 0.3) is 10.4 Å². The van der Waals surface area contributed by atoms with Crippen molar-refractivity contribution in [1.29, 1.82) is 0 Å². The van der Waals surface area contributed by atoms with E-state index in [1.165, 1.54) is 0 Å². The predicted molar refractivity (Wildman–Crippen MR) is 54.8 cm³/mol. The van der Waals surface area contributed by atoms with Crippen molar-refractivity contribution < 1.29 is 4.79 Å². The highest BCUT2D eigenvalue weighted by atomic mass is 16.1. The Labute approximate surface area is 84.3 Å². The molecule has 0 bridgehead atoms. The maximum atomic E-state index is 11.7. The van der Waals surface area contributed by atoms with E-state index >= 15 is 0 Å². The van der Waals surface area contributed by atoms with Gasteiger partial charge in [0.25, 0.3) is 0 Å². The van der Waals surface area contributed by atoms with Crippen molar-refractivity contribution in [2.75, 3.05) is 6.54 Å². The normalized spacial score (nSPS) is 27.1. The van der Waals surface area contributed by atoms with E-state index in [1.54, 1.807) is 0 Å². The molecule has 0 aromatic rings. The lowest BCUT2D eigenvalue weighted by Gasteiger charge is -2.31. The molecule has 0 amide bonds. The highest BCUT2D eigenvalue weighted by Crippen LogP contribution is 2.36. The molecule has 0 heterocycles. The average Bonchev–Trinajstić information content (AvgIpc) is 2.18. The fraction of sp³-hybridized carbons (Fsp3) is 0.900. The molecule has 1 atom stereocenters. The van der Waals surface area contributed by atoms with Crippen LogP contribution in [0.2, 0.25) is 0 Å². The molecule has 4 nitrogen and oxygen atoms in total. The predicted octanol–water partition coefficient (Wildman–Crippen LogP) is 3.23. The summed E-state index contributed by atoms with van der Waals surface area (Å²) in [7, 11) is 0. The van der Waals surface area contributed by atoms with Gasteiger partial charge in [0.05, 0.1) is 0 Å². The summed E-state index contributed by atoms with van der Waals surface area (Å²) in [6, 6.07) is 0. The zero-order chi connectivity index (χ0) is 10.4. The van der Waals surface area contributed by atoms with Crippen molar-refractivity contribution in [1.82, 2.24) is 0 Å². The minimum Gasteiger partial charge on any atom is -0.299 e. The Bertz CT molecular complexity index is 258. The van der Waals surface area contributed by atoms with E-state index in [0.29, 0.717) is 12.3 Å². The van der Waals surface area contributed by atoms with Gasteiger partial charge in [0, 0.05) is 23.3 Å². The van der Waals surface area contributed by atoms with Gasteiger partial charge >= 0.3 is 0 Å². The SMILES string of the molecule is C[C@@]1(CCCN=[N+]=[N-])CCCCC1=O. The molecule has 1 aliphatic carbocycles. The first-order chi connectivity index (χ1) is 6.69. The summed E-state index contributed by atoms with van der Waals surface area (Å²) in [6.07, 6.45) is 5.63. The van der Waals surface area contributed by atoms with Crippen LogP contribution in [0.3, 0.4) is 0 Å².